The van der Waals surface area contributed by atoms with E-state index in [0.29, 0.717) is 6.04 Å². The van der Waals surface area contributed by atoms with Gasteiger partial charge in [-0.2, -0.15) is 0 Å². The standard InChI is InChI=1S/C22H34N4O2/c1-17-14-26(15-18(2)28-17)21-10-4-3-9-20(21)23-22(27)25-13-7-8-19(16-25)24-11-5-6-12-24/h3-4,9-10,17-19H,5-8,11-16H2,1-2H3,(H,23,27)/t17-,18-,19+/m1/s1. The van der Waals surface area contributed by atoms with Crippen molar-refractivity contribution in [2.75, 3.05) is 49.5 Å². The largest absolute Gasteiger partial charge is 0.372 e. The zero-order valence-electron chi connectivity index (χ0n) is 17.3. The van der Waals surface area contributed by atoms with Crippen LogP contribution in [-0.4, -0.2) is 73.3 Å². The third-order valence-electron chi connectivity index (χ3n) is 6.25. The summed E-state index contributed by atoms with van der Waals surface area (Å²) in [5, 5.41) is 3.20. The third kappa shape index (κ3) is 4.44. The Kier molecular flexibility index (Phi) is 6.07. The molecule has 3 atom stereocenters. The van der Waals surface area contributed by atoms with Crippen molar-refractivity contribution < 1.29 is 9.53 Å². The summed E-state index contributed by atoms with van der Waals surface area (Å²) < 4.78 is 5.87. The van der Waals surface area contributed by atoms with Crippen molar-refractivity contribution in [2.24, 2.45) is 0 Å². The molecule has 6 nitrogen and oxygen atoms in total. The lowest BCUT2D eigenvalue weighted by Gasteiger charge is -2.39. The first-order chi connectivity index (χ1) is 13.6. The number of nitrogens with one attached hydrogen (secondary N) is 1. The summed E-state index contributed by atoms with van der Waals surface area (Å²) in [6, 6.07) is 8.71. The summed E-state index contributed by atoms with van der Waals surface area (Å²) >= 11 is 0. The van der Waals surface area contributed by atoms with Crippen molar-refractivity contribution >= 4 is 17.4 Å². The first kappa shape index (κ1) is 19.5. The van der Waals surface area contributed by atoms with Crippen LogP contribution in [-0.2, 0) is 4.74 Å². The van der Waals surface area contributed by atoms with Gasteiger partial charge in [0.25, 0.3) is 0 Å². The average molecular weight is 387 g/mol. The van der Waals surface area contributed by atoms with Crippen molar-refractivity contribution in [3.63, 3.8) is 0 Å². The van der Waals surface area contributed by atoms with Crippen LogP contribution in [0.15, 0.2) is 24.3 Å². The first-order valence-corrected chi connectivity index (χ1v) is 10.9. The predicted molar refractivity (Wildman–Crippen MR) is 113 cm³/mol. The van der Waals surface area contributed by atoms with Crippen molar-refractivity contribution in [2.45, 2.75) is 57.8 Å². The van der Waals surface area contributed by atoms with E-state index < -0.39 is 0 Å². The van der Waals surface area contributed by atoms with Gasteiger partial charge in [-0.3, -0.25) is 4.90 Å². The maximum atomic E-state index is 13.0. The molecule has 4 rings (SSSR count). The lowest BCUT2D eigenvalue weighted by molar-refractivity contribution is -0.00517. The molecule has 3 aliphatic heterocycles. The molecule has 28 heavy (non-hydrogen) atoms. The van der Waals surface area contributed by atoms with Crippen molar-refractivity contribution in [3.05, 3.63) is 24.3 Å². The molecular formula is C22H34N4O2. The quantitative estimate of drug-likeness (QED) is 0.865. The number of amides is 2. The summed E-state index contributed by atoms with van der Waals surface area (Å²) in [6.45, 7) is 9.98. The molecule has 0 spiro atoms. The Morgan fingerprint density at radius 2 is 1.71 bits per heavy atom. The number of carbonyl (C=O) groups is 1. The highest BCUT2D eigenvalue weighted by Gasteiger charge is 2.30. The molecule has 2 amide bonds. The molecule has 3 saturated heterocycles. The van der Waals surface area contributed by atoms with Crippen LogP contribution < -0.4 is 10.2 Å². The molecule has 6 heteroatoms. The summed E-state index contributed by atoms with van der Waals surface area (Å²) in [5.41, 5.74) is 1.99. The van der Waals surface area contributed by atoms with Crippen LogP contribution in [0, 0.1) is 0 Å². The number of carbonyl (C=O) groups excluding carboxylic acids is 1. The van der Waals surface area contributed by atoms with Gasteiger partial charge in [-0.1, -0.05) is 12.1 Å². The van der Waals surface area contributed by atoms with E-state index in [4.69, 9.17) is 4.74 Å². The molecule has 0 saturated carbocycles. The number of anilines is 2. The minimum absolute atomic E-state index is 0.0331. The molecule has 1 aromatic rings. The molecule has 1 N–H and O–H groups in total. The Hall–Kier alpha value is -1.79. The molecule has 154 valence electrons. The highest BCUT2D eigenvalue weighted by Crippen LogP contribution is 2.29. The fourth-order valence-corrected chi connectivity index (χ4v) is 4.97. The molecule has 1 aromatic carbocycles. The van der Waals surface area contributed by atoms with Crippen LogP contribution >= 0.6 is 0 Å². The monoisotopic (exact) mass is 386 g/mol. The van der Waals surface area contributed by atoms with Crippen molar-refractivity contribution in [1.29, 1.82) is 0 Å². The lowest BCUT2D eigenvalue weighted by atomic mass is 10.0. The number of benzene rings is 1. The van der Waals surface area contributed by atoms with Gasteiger partial charge in [0.15, 0.2) is 0 Å². The number of para-hydroxylation sites is 2. The molecule has 0 aliphatic carbocycles. The van der Waals surface area contributed by atoms with Crippen LogP contribution in [0.2, 0.25) is 0 Å². The number of likely N-dealkylation sites (tertiary alicyclic amines) is 2. The Labute approximate surface area is 168 Å². The molecule has 3 aliphatic rings. The Morgan fingerprint density at radius 1 is 1.00 bits per heavy atom. The highest BCUT2D eigenvalue weighted by molar-refractivity contribution is 5.93. The highest BCUT2D eigenvalue weighted by atomic mass is 16.5. The zero-order chi connectivity index (χ0) is 19.5. The van der Waals surface area contributed by atoms with Gasteiger partial charge in [-0.05, 0) is 64.8 Å². The lowest BCUT2D eigenvalue weighted by Crippen LogP contribution is -2.50. The molecular weight excluding hydrogens is 352 g/mol. The van der Waals surface area contributed by atoms with Crippen molar-refractivity contribution in [1.82, 2.24) is 9.80 Å². The molecule has 0 radical (unpaired) electrons. The molecule has 0 bridgehead atoms. The van der Waals surface area contributed by atoms with E-state index in [-0.39, 0.29) is 18.2 Å². The molecule has 3 fully saturated rings. The number of hydrogen-bond donors (Lipinski definition) is 1. The summed E-state index contributed by atoms with van der Waals surface area (Å²) in [5.74, 6) is 0. The Balaban J connectivity index is 1.43. The molecule has 0 aromatic heterocycles. The molecule has 0 unspecified atom stereocenters. The SMILES string of the molecule is C[C@@H]1CN(c2ccccc2NC(=O)N2CCC[C@H](N3CCCC3)C2)C[C@@H](C)O1. The number of hydrogen-bond acceptors (Lipinski definition) is 4. The van der Waals surface area contributed by atoms with Crippen molar-refractivity contribution in [3.8, 4) is 0 Å². The number of urea groups is 1. The molecule has 3 heterocycles. The summed E-state index contributed by atoms with van der Waals surface area (Å²) in [4.78, 5) is 20.0. The van der Waals surface area contributed by atoms with Gasteiger partial charge in [0, 0.05) is 32.2 Å². The second-order valence-electron chi connectivity index (χ2n) is 8.59. The van der Waals surface area contributed by atoms with E-state index in [1.165, 1.54) is 32.4 Å². The van der Waals surface area contributed by atoms with Gasteiger partial charge in [-0.25, -0.2) is 4.79 Å². The van der Waals surface area contributed by atoms with Gasteiger partial charge in [0.2, 0.25) is 0 Å². The van der Waals surface area contributed by atoms with Crippen LogP contribution in [0.4, 0.5) is 16.2 Å². The van der Waals surface area contributed by atoms with Gasteiger partial charge in [0.1, 0.15) is 0 Å². The van der Waals surface area contributed by atoms with E-state index in [1.807, 2.05) is 23.1 Å². The van der Waals surface area contributed by atoms with E-state index in [9.17, 15) is 4.79 Å². The fraction of sp³-hybridized carbons (Fsp3) is 0.682. The summed E-state index contributed by atoms with van der Waals surface area (Å²) in [6.07, 6.45) is 5.28. The maximum Gasteiger partial charge on any atom is 0.321 e. The Morgan fingerprint density at radius 3 is 2.46 bits per heavy atom. The normalized spacial score (nSPS) is 29.1. The average Bonchev–Trinajstić information content (AvgIpc) is 3.22. The third-order valence-corrected chi connectivity index (χ3v) is 6.25. The number of morpholine rings is 1. The number of piperidine rings is 1. The summed E-state index contributed by atoms with van der Waals surface area (Å²) in [7, 11) is 0. The number of rotatable bonds is 3. The Bertz CT molecular complexity index is 666. The number of nitrogens with zero attached hydrogens (tertiary/aromatic N) is 3. The predicted octanol–water partition coefficient (Wildman–Crippen LogP) is 3.39. The van der Waals surface area contributed by atoms with Crippen LogP contribution in [0.3, 0.4) is 0 Å². The van der Waals surface area contributed by atoms with Gasteiger partial charge in [0.05, 0.1) is 23.6 Å². The maximum absolute atomic E-state index is 13.0. The van der Waals surface area contributed by atoms with Gasteiger partial charge >= 0.3 is 6.03 Å². The topological polar surface area (TPSA) is 48.1 Å². The van der Waals surface area contributed by atoms with E-state index >= 15 is 0 Å². The van der Waals surface area contributed by atoms with Crippen LogP contribution in [0.1, 0.15) is 39.5 Å². The van der Waals surface area contributed by atoms with Crippen LogP contribution in [0.5, 0.6) is 0 Å². The minimum atomic E-state index is 0.0331. The van der Waals surface area contributed by atoms with Gasteiger partial charge in [-0.15, -0.1) is 0 Å². The first-order valence-electron chi connectivity index (χ1n) is 10.9. The van der Waals surface area contributed by atoms with E-state index in [2.05, 4.69) is 35.0 Å². The number of ether oxygens (including phenoxy) is 1. The second kappa shape index (κ2) is 8.70. The second-order valence-corrected chi connectivity index (χ2v) is 8.59. The minimum Gasteiger partial charge on any atom is -0.372 e. The fourth-order valence-electron chi connectivity index (χ4n) is 4.97. The smallest absolute Gasteiger partial charge is 0.321 e. The van der Waals surface area contributed by atoms with E-state index in [1.54, 1.807) is 0 Å². The van der Waals surface area contributed by atoms with E-state index in [0.717, 1.165) is 44.0 Å². The van der Waals surface area contributed by atoms with Crippen LogP contribution in [0.25, 0.3) is 0 Å². The van der Waals surface area contributed by atoms with Gasteiger partial charge < -0.3 is 19.9 Å². The zero-order valence-corrected chi connectivity index (χ0v) is 17.3.